The van der Waals surface area contributed by atoms with Crippen LogP contribution in [0.2, 0.25) is 0 Å². The highest BCUT2D eigenvalue weighted by Crippen LogP contribution is 2.66. The van der Waals surface area contributed by atoms with Gasteiger partial charge in [0, 0.05) is 13.5 Å². The van der Waals surface area contributed by atoms with E-state index in [2.05, 4.69) is 19.9 Å². The van der Waals surface area contributed by atoms with Crippen LogP contribution in [0.3, 0.4) is 0 Å². The second-order valence-corrected chi connectivity index (χ2v) is 10.9. The number of nitrogens with zero attached hydrogens (tertiary/aromatic N) is 1. The van der Waals surface area contributed by atoms with Gasteiger partial charge in [-0.25, -0.2) is 5.06 Å². The number of hydrogen-bond acceptors (Lipinski definition) is 3. The van der Waals surface area contributed by atoms with Gasteiger partial charge in [0.25, 0.3) is 0 Å². The second-order valence-electron chi connectivity index (χ2n) is 10.9. The number of aliphatic hydroxyl groups is 1. The number of hydroxylamine groups is 2. The fourth-order valence-corrected chi connectivity index (χ4v) is 7.98. The molecule has 4 aliphatic rings. The molecule has 1 N–H and O–H groups in total. The maximum absolute atomic E-state index is 12.1. The van der Waals surface area contributed by atoms with E-state index < -0.39 is 0 Å². The molecule has 29 heavy (non-hydrogen) atoms. The third-order valence-electron chi connectivity index (χ3n) is 9.84. The number of rotatable bonds is 5. The summed E-state index contributed by atoms with van der Waals surface area (Å²) < 4.78 is 0. The molecule has 4 heteroatoms. The van der Waals surface area contributed by atoms with E-state index in [9.17, 15) is 9.90 Å². The summed E-state index contributed by atoms with van der Waals surface area (Å²) in [6, 6.07) is 0. The molecule has 0 radical (unpaired) electrons. The minimum absolute atomic E-state index is 0.0910. The SMILES string of the molecule is CON(C)C(=O)CCCC1CCC2C3CC=C4CC(O)CCC4(C)C3CCC12C. The van der Waals surface area contributed by atoms with Crippen molar-refractivity contribution in [2.45, 2.75) is 90.6 Å². The quantitative estimate of drug-likeness (QED) is 0.512. The van der Waals surface area contributed by atoms with Gasteiger partial charge in [-0.2, -0.15) is 0 Å². The lowest BCUT2D eigenvalue weighted by atomic mass is 9.47. The molecule has 0 spiro atoms. The molecule has 3 saturated carbocycles. The first-order chi connectivity index (χ1) is 13.8. The van der Waals surface area contributed by atoms with Crippen LogP contribution in [0, 0.1) is 34.5 Å². The van der Waals surface area contributed by atoms with Gasteiger partial charge in [0.1, 0.15) is 0 Å². The summed E-state index contributed by atoms with van der Waals surface area (Å²) in [5, 5.41) is 11.5. The van der Waals surface area contributed by atoms with Gasteiger partial charge >= 0.3 is 0 Å². The second kappa shape index (κ2) is 8.00. The standard InChI is InChI=1S/C25H41NO3/c1-24-15-13-22-20(10-8-18-16-19(27)12-14-25(18,22)2)21(24)11-9-17(24)6-5-7-23(28)26(3)29-4/h8,17,19-22,27H,5-7,9-16H2,1-4H3. The van der Waals surface area contributed by atoms with Crippen LogP contribution in [0.1, 0.15) is 84.5 Å². The lowest BCUT2D eigenvalue weighted by Gasteiger charge is -2.58. The number of carbonyl (C=O) groups excluding carboxylic acids is 1. The number of aliphatic hydroxyl groups excluding tert-OH is 1. The lowest BCUT2D eigenvalue weighted by Crippen LogP contribution is -2.50. The molecule has 1 amide bonds. The van der Waals surface area contributed by atoms with Crippen molar-refractivity contribution in [2.24, 2.45) is 34.5 Å². The normalized spacial score (nSPS) is 43.8. The first-order valence-corrected chi connectivity index (χ1v) is 12.0. The Bertz CT molecular complexity index is 660. The minimum Gasteiger partial charge on any atom is -0.393 e. The molecule has 0 aromatic heterocycles. The Morgan fingerprint density at radius 2 is 2.00 bits per heavy atom. The van der Waals surface area contributed by atoms with E-state index in [4.69, 9.17) is 4.84 Å². The Labute approximate surface area is 177 Å². The van der Waals surface area contributed by atoms with Gasteiger partial charge < -0.3 is 5.11 Å². The average Bonchev–Trinajstić information content (AvgIpc) is 3.04. The molecule has 7 unspecified atom stereocenters. The van der Waals surface area contributed by atoms with E-state index in [1.165, 1.54) is 50.0 Å². The van der Waals surface area contributed by atoms with E-state index in [-0.39, 0.29) is 12.0 Å². The van der Waals surface area contributed by atoms with Gasteiger partial charge in [-0.3, -0.25) is 9.63 Å². The van der Waals surface area contributed by atoms with Gasteiger partial charge in [0.15, 0.2) is 0 Å². The molecular weight excluding hydrogens is 362 g/mol. The number of carbonyl (C=O) groups is 1. The summed E-state index contributed by atoms with van der Waals surface area (Å²) in [5.74, 6) is 3.33. The predicted octanol–water partition coefficient (Wildman–Crippen LogP) is 5.12. The fraction of sp³-hybridized carbons (Fsp3) is 0.880. The Morgan fingerprint density at radius 1 is 1.21 bits per heavy atom. The Hall–Kier alpha value is -0.870. The van der Waals surface area contributed by atoms with Crippen LogP contribution < -0.4 is 0 Å². The molecule has 4 nitrogen and oxygen atoms in total. The van der Waals surface area contributed by atoms with Gasteiger partial charge in [-0.15, -0.1) is 0 Å². The van der Waals surface area contributed by atoms with Crippen molar-refractivity contribution in [2.75, 3.05) is 14.2 Å². The molecule has 3 fully saturated rings. The van der Waals surface area contributed by atoms with E-state index in [0.29, 0.717) is 17.3 Å². The van der Waals surface area contributed by atoms with Crippen molar-refractivity contribution in [3.63, 3.8) is 0 Å². The summed E-state index contributed by atoms with van der Waals surface area (Å²) in [6.07, 6.45) is 14.9. The zero-order valence-corrected chi connectivity index (χ0v) is 19.0. The monoisotopic (exact) mass is 403 g/mol. The summed E-state index contributed by atoms with van der Waals surface area (Å²) in [5.41, 5.74) is 2.35. The van der Waals surface area contributed by atoms with Gasteiger partial charge in [0.2, 0.25) is 5.91 Å². The molecule has 4 rings (SSSR count). The zero-order chi connectivity index (χ0) is 20.8. The van der Waals surface area contributed by atoms with Crippen molar-refractivity contribution in [1.29, 1.82) is 0 Å². The third-order valence-corrected chi connectivity index (χ3v) is 9.84. The van der Waals surface area contributed by atoms with E-state index in [1.807, 2.05) is 0 Å². The highest BCUT2D eigenvalue weighted by atomic mass is 16.7. The topological polar surface area (TPSA) is 49.8 Å². The Kier molecular flexibility index (Phi) is 5.89. The molecule has 164 valence electrons. The molecule has 0 aromatic carbocycles. The molecule has 7 atom stereocenters. The van der Waals surface area contributed by atoms with Crippen LogP contribution >= 0.6 is 0 Å². The number of amides is 1. The molecule has 4 aliphatic carbocycles. The van der Waals surface area contributed by atoms with Crippen LogP contribution in [0.25, 0.3) is 0 Å². The predicted molar refractivity (Wildman–Crippen MR) is 115 cm³/mol. The van der Waals surface area contributed by atoms with E-state index in [1.54, 1.807) is 19.7 Å². The summed E-state index contributed by atoms with van der Waals surface area (Å²) in [6.45, 7) is 5.08. The van der Waals surface area contributed by atoms with Gasteiger partial charge in [-0.05, 0) is 98.7 Å². The van der Waals surface area contributed by atoms with Crippen molar-refractivity contribution >= 4 is 5.91 Å². The van der Waals surface area contributed by atoms with Crippen LogP contribution in [0.15, 0.2) is 11.6 Å². The smallest absolute Gasteiger partial charge is 0.245 e. The molecule has 0 aliphatic heterocycles. The third kappa shape index (κ3) is 3.59. The Morgan fingerprint density at radius 3 is 2.76 bits per heavy atom. The van der Waals surface area contributed by atoms with Crippen LogP contribution in [0.4, 0.5) is 0 Å². The van der Waals surface area contributed by atoms with Crippen molar-refractivity contribution < 1.29 is 14.7 Å². The Balaban J connectivity index is 1.43. The van der Waals surface area contributed by atoms with Gasteiger partial charge in [-0.1, -0.05) is 25.5 Å². The highest BCUT2D eigenvalue weighted by Gasteiger charge is 2.58. The maximum atomic E-state index is 12.1. The average molecular weight is 404 g/mol. The van der Waals surface area contributed by atoms with Gasteiger partial charge in [0.05, 0.1) is 13.2 Å². The highest BCUT2D eigenvalue weighted by molar-refractivity contribution is 5.74. The van der Waals surface area contributed by atoms with E-state index in [0.717, 1.165) is 42.9 Å². The molecule has 0 bridgehead atoms. The maximum Gasteiger partial charge on any atom is 0.245 e. The summed E-state index contributed by atoms with van der Waals surface area (Å²) in [7, 11) is 3.25. The minimum atomic E-state index is -0.115. The first-order valence-electron chi connectivity index (χ1n) is 12.0. The fourth-order valence-electron chi connectivity index (χ4n) is 7.98. The summed E-state index contributed by atoms with van der Waals surface area (Å²) >= 11 is 0. The first kappa shape index (κ1) is 21.4. The zero-order valence-electron chi connectivity index (χ0n) is 19.0. The summed E-state index contributed by atoms with van der Waals surface area (Å²) in [4.78, 5) is 17.1. The van der Waals surface area contributed by atoms with Crippen molar-refractivity contribution in [1.82, 2.24) is 5.06 Å². The van der Waals surface area contributed by atoms with Crippen LogP contribution in [0.5, 0.6) is 0 Å². The number of hydrogen-bond donors (Lipinski definition) is 1. The van der Waals surface area contributed by atoms with Crippen molar-refractivity contribution in [3.8, 4) is 0 Å². The molecule has 0 saturated heterocycles. The molecular formula is C25H41NO3. The molecule has 0 heterocycles. The number of fused-ring (bicyclic) bond motifs is 5. The van der Waals surface area contributed by atoms with Crippen LogP contribution in [-0.4, -0.2) is 36.3 Å². The van der Waals surface area contributed by atoms with Crippen LogP contribution in [-0.2, 0) is 9.63 Å². The van der Waals surface area contributed by atoms with Crippen molar-refractivity contribution in [3.05, 3.63) is 11.6 Å². The lowest BCUT2D eigenvalue weighted by molar-refractivity contribution is -0.168. The van der Waals surface area contributed by atoms with E-state index >= 15 is 0 Å². The largest absolute Gasteiger partial charge is 0.393 e. The molecule has 0 aromatic rings. The number of allylic oxidation sites excluding steroid dienone is 1.